The maximum absolute atomic E-state index is 12.7. The number of nitrogens with two attached hydrogens (primary N) is 1. The van der Waals surface area contributed by atoms with Crippen molar-refractivity contribution in [3.8, 4) is 5.75 Å². The van der Waals surface area contributed by atoms with E-state index >= 15 is 0 Å². The minimum atomic E-state index is -0.817. The summed E-state index contributed by atoms with van der Waals surface area (Å²) in [6.45, 7) is 0. The minimum Gasteiger partial charge on any atom is -0.497 e. The summed E-state index contributed by atoms with van der Waals surface area (Å²) in [5, 5.41) is 9.25. The van der Waals surface area contributed by atoms with Gasteiger partial charge >= 0.3 is 5.97 Å². The summed E-state index contributed by atoms with van der Waals surface area (Å²) in [5.74, 6) is -0.849. The van der Waals surface area contributed by atoms with Crippen molar-refractivity contribution in [2.75, 3.05) is 12.8 Å². The molecule has 3 unspecified atom stereocenters. The van der Waals surface area contributed by atoms with E-state index in [1.165, 1.54) is 7.11 Å². The van der Waals surface area contributed by atoms with E-state index in [1.54, 1.807) is 23.1 Å². The summed E-state index contributed by atoms with van der Waals surface area (Å²) >= 11 is 0. The number of fused-ring (bicyclic) bond motifs is 2. The normalized spacial score (nSPS) is 26.9. The summed E-state index contributed by atoms with van der Waals surface area (Å²) in [6, 6.07) is 4.76. The molecule has 2 aliphatic heterocycles. The summed E-state index contributed by atoms with van der Waals surface area (Å²) in [5.41, 5.74) is 6.70. The smallest absolute Gasteiger partial charge is 0.308 e. The molecule has 21 heavy (non-hydrogen) atoms. The number of carbonyl (C=O) groups excluding carboxylic acids is 1. The van der Waals surface area contributed by atoms with E-state index in [1.807, 2.05) is 0 Å². The second-order valence-electron chi connectivity index (χ2n) is 5.64. The van der Waals surface area contributed by atoms with Gasteiger partial charge in [-0.15, -0.1) is 0 Å². The van der Waals surface area contributed by atoms with Crippen molar-refractivity contribution in [3.63, 3.8) is 0 Å². The molecule has 0 saturated carbocycles. The lowest BCUT2D eigenvalue weighted by atomic mass is 9.89. The molecule has 2 saturated heterocycles. The van der Waals surface area contributed by atoms with E-state index in [0.717, 1.165) is 12.8 Å². The molecule has 0 aliphatic carbocycles. The van der Waals surface area contributed by atoms with E-state index in [4.69, 9.17) is 10.5 Å². The Balaban J connectivity index is 1.88. The van der Waals surface area contributed by atoms with Gasteiger partial charge in [0.2, 0.25) is 0 Å². The fourth-order valence-electron chi connectivity index (χ4n) is 3.57. The first-order valence-corrected chi connectivity index (χ1v) is 7.02. The number of nitrogen functional groups attached to an aromatic ring is 1. The molecule has 6 nitrogen and oxygen atoms in total. The average molecular weight is 290 g/mol. The topological polar surface area (TPSA) is 92.9 Å². The van der Waals surface area contributed by atoms with E-state index in [9.17, 15) is 14.7 Å². The number of methoxy groups -OCH3 is 1. The van der Waals surface area contributed by atoms with Crippen molar-refractivity contribution in [1.29, 1.82) is 0 Å². The Kier molecular flexibility index (Phi) is 3.23. The van der Waals surface area contributed by atoms with Crippen LogP contribution in [0.5, 0.6) is 5.75 Å². The van der Waals surface area contributed by atoms with Crippen LogP contribution in [0, 0.1) is 5.92 Å². The predicted octanol–water partition coefficient (Wildman–Crippen LogP) is 1.36. The second kappa shape index (κ2) is 4.95. The van der Waals surface area contributed by atoms with Crippen molar-refractivity contribution < 1.29 is 19.4 Å². The molecule has 1 aromatic rings. The lowest BCUT2D eigenvalue weighted by molar-refractivity contribution is -0.142. The Morgan fingerprint density at radius 3 is 2.71 bits per heavy atom. The van der Waals surface area contributed by atoms with Crippen molar-refractivity contribution >= 4 is 17.6 Å². The number of ether oxygens (including phenoxy) is 1. The SMILES string of the molecule is COc1ccc(C(=O)N2C3CCC2C(C(=O)O)C3)c(N)c1. The van der Waals surface area contributed by atoms with Gasteiger partial charge in [-0.25, -0.2) is 0 Å². The lowest BCUT2D eigenvalue weighted by Crippen LogP contribution is -2.38. The molecule has 2 heterocycles. The van der Waals surface area contributed by atoms with Crippen LogP contribution in [0.15, 0.2) is 18.2 Å². The standard InChI is InChI=1S/C15H18N2O4/c1-21-9-3-4-10(12(16)7-9)14(18)17-8-2-5-13(17)11(6-8)15(19)20/h3-4,7-8,11,13H,2,5-6,16H2,1H3,(H,19,20). The fraction of sp³-hybridized carbons (Fsp3) is 0.467. The number of amides is 1. The van der Waals surface area contributed by atoms with E-state index < -0.39 is 11.9 Å². The van der Waals surface area contributed by atoms with Crippen LogP contribution >= 0.6 is 0 Å². The predicted molar refractivity (Wildman–Crippen MR) is 76.1 cm³/mol. The number of rotatable bonds is 3. The Hall–Kier alpha value is -2.24. The molecule has 3 rings (SSSR count). The van der Waals surface area contributed by atoms with Gasteiger partial charge in [-0.3, -0.25) is 9.59 Å². The van der Waals surface area contributed by atoms with Gasteiger partial charge < -0.3 is 20.5 Å². The molecule has 0 spiro atoms. The molecule has 3 N–H and O–H groups in total. The Morgan fingerprint density at radius 1 is 1.38 bits per heavy atom. The molecule has 3 atom stereocenters. The van der Waals surface area contributed by atoms with Crippen LogP contribution in [-0.2, 0) is 4.79 Å². The highest BCUT2D eigenvalue weighted by Gasteiger charge is 2.51. The minimum absolute atomic E-state index is 0.0186. The summed E-state index contributed by atoms with van der Waals surface area (Å²) in [7, 11) is 1.54. The van der Waals surface area contributed by atoms with Crippen molar-refractivity contribution in [1.82, 2.24) is 4.90 Å². The van der Waals surface area contributed by atoms with Crippen molar-refractivity contribution in [2.45, 2.75) is 31.3 Å². The third-order valence-corrected chi connectivity index (χ3v) is 4.58. The zero-order valence-corrected chi connectivity index (χ0v) is 11.8. The van der Waals surface area contributed by atoms with Gasteiger partial charge in [-0.05, 0) is 31.4 Å². The number of anilines is 1. The maximum Gasteiger partial charge on any atom is 0.308 e. The van der Waals surface area contributed by atoms with Gasteiger partial charge in [-0.1, -0.05) is 0 Å². The van der Waals surface area contributed by atoms with Crippen LogP contribution in [0.1, 0.15) is 29.6 Å². The van der Waals surface area contributed by atoms with Gasteiger partial charge in [0, 0.05) is 23.8 Å². The van der Waals surface area contributed by atoms with Crippen LogP contribution in [0.4, 0.5) is 5.69 Å². The molecule has 0 radical (unpaired) electrons. The van der Waals surface area contributed by atoms with Gasteiger partial charge in [0.25, 0.3) is 5.91 Å². The van der Waals surface area contributed by atoms with E-state index in [-0.39, 0.29) is 18.0 Å². The second-order valence-corrected chi connectivity index (χ2v) is 5.64. The van der Waals surface area contributed by atoms with Gasteiger partial charge in [0.05, 0.1) is 18.6 Å². The number of hydrogen-bond acceptors (Lipinski definition) is 4. The molecular weight excluding hydrogens is 272 g/mol. The molecular formula is C15H18N2O4. The molecule has 2 aliphatic rings. The van der Waals surface area contributed by atoms with E-state index in [0.29, 0.717) is 23.4 Å². The molecule has 1 amide bonds. The molecule has 2 bridgehead atoms. The quantitative estimate of drug-likeness (QED) is 0.820. The Bertz CT molecular complexity index is 601. The summed E-state index contributed by atoms with van der Waals surface area (Å²) in [4.78, 5) is 25.7. The van der Waals surface area contributed by atoms with Crippen LogP contribution in [0.3, 0.4) is 0 Å². The van der Waals surface area contributed by atoms with Crippen LogP contribution in [0.25, 0.3) is 0 Å². The Morgan fingerprint density at radius 2 is 2.14 bits per heavy atom. The third kappa shape index (κ3) is 2.11. The number of aliphatic carboxylic acids is 1. The monoisotopic (exact) mass is 290 g/mol. The van der Waals surface area contributed by atoms with E-state index in [2.05, 4.69) is 0 Å². The van der Waals surface area contributed by atoms with Crippen molar-refractivity contribution in [3.05, 3.63) is 23.8 Å². The third-order valence-electron chi connectivity index (χ3n) is 4.58. The molecule has 2 fully saturated rings. The van der Waals surface area contributed by atoms with Gasteiger partial charge in [0.1, 0.15) is 5.75 Å². The maximum atomic E-state index is 12.7. The first-order chi connectivity index (χ1) is 10.0. The van der Waals surface area contributed by atoms with Gasteiger partial charge in [0.15, 0.2) is 0 Å². The largest absolute Gasteiger partial charge is 0.497 e. The lowest BCUT2D eigenvalue weighted by Gasteiger charge is -2.24. The van der Waals surface area contributed by atoms with Gasteiger partial charge in [-0.2, -0.15) is 0 Å². The first-order valence-electron chi connectivity index (χ1n) is 7.02. The summed E-state index contributed by atoms with van der Waals surface area (Å²) < 4.78 is 5.08. The van der Waals surface area contributed by atoms with Crippen LogP contribution in [0.2, 0.25) is 0 Å². The first kappa shape index (κ1) is 13.7. The number of carboxylic acids is 1. The molecule has 112 valence electrons. The average Bonchev–Trinajstić information content (AvgIpc) is 3.04. The number of nitrogens with zero attached hydrogens (tertiary/aromatic N) is 1. The molecule has 6 heteroatoms. The highest BCUT2D eigenvalue weighted by molar-refractivity contribution is 6.00. The molecule has 1 aromatic carbocycles. The number of carbonyl (C=O) groups is 2. The zero-order chi connectivity index (χ0) is 15.1. The number of carboxylic acid groups (broad SMARTS) is 1. The van der Waals surface area contributed by atoms with Crippen molar-refractivity contribution in [2.24, 2.45) is 5.92 Å². The zero-order valence-electron chi connectivity index (χ0n) is 11.8. The highest BCUT2D eigenvalue weighted by atomic mass is 16.5. The highest BCUT2D eigenvalue weighted by Crippen LogP contribution is 2.43. The fourth-order valence-corrected chi connectivity index (χ4v) is 3.57. The Labute approximate surface area is 122 Å². The summed E-state index contributed by atoms with van der Waals surface area (Å²) in [6.07, 6.45) is 2.17. The number of benzene rings is 1. The van der Waals surface area contributed by atoms with Crippen LogP contribution < -0.4 is 10.5 Å². The van der Waals surface area contributed by atoms with Crippen LogP contribution in [-0.4, -0.2) is 41.1 Å². The number of hydrogen-bond donors (Lipinski definition) is 2. The molecule has 0 aromatic heterocycles.